The van der Waals surface area contributed by atoms with Crippen molar-refractivity contribution in [2.75, 3.05) is 6.61 Å². The number of hydrogen-bond donors (Lipinski definition) is 0. The summed E-state index contributed by atoms with van der Waals surface area (Å²) in [6.45, 7) is 0.645. The third-order valence-corrected chi connectivity index (χ3v) is 7.67. The van der Waals surface area contributed by atoms with Crippen molar-refractivity contribution in [2.45, 2.75) is 76.5 Å². The molecule has 0 heterocycles. The van der Waals surface area contributed by atoms with E-state index in [0.29, 0.717) is 11.5 Å². The van der Waals surface area contributed by atoms with Crippen LogP contribution in [0.5, 0.6) is 11.5 Å². The largest absolute Gasteiger partial charge is 0.480 e. The minimum Gasteiger partial charge on any atom is -0.480 e. The van der Waals surface area contributed by atoms with E-state index in [9.17, 15) is 35.1 Å². The van der Waals surface area contributed by atoms with Gasteiger partial charge in [-0.3, -0.25) is 0 Å². The van der Waals surface area contributed by atoms with E-state index in [4.69, 9.17) is 4.74 Å². The third-order valence-electron chi connectivity index (χ3n) is 7.67. The number of rotatable bonds is 11. The number of halogens is 8. The van der Waals surface area contributed by atoms with Crippen LogP contribution >= 0.6 is 0 Å². The van der Waals surface area contributed by atoms with Crippen molar-refractivity contribution in [2.24, 2.45) is 5.92 Å². The van der Waals surface area contributed by atoms with Crippen molar-refractivity contribution in [3.63, 3.8) is 0 Å². The molecule has 0 spiro atoms. The summed E-state index contributed by atoms with van der Waals surface area (Å²) in [5, 5.41) is 0. The van der Waals surface area contributed by atoms with Crippen molar-refractivity contribution in [3.8, 4) is 22.6 Å². The maximum absolute atomic E-state index is 14.7. The highest BCUT2D eigenvalue weighted by Gasteiger charge is 2.39. The highest BCUT2D eigenvalue weighted by Crippen LogP contribution is 2.39. The van der Waals surface area contributed by atoms with E-state index >= 15 is 0 Å². The molecule has 0 N–H and O–H groups in total. The second-order valence-electron chi connectivity index (χ2n) is 10.8. The first kappa shape index (κ1) is 31.6. The van der Waals surface area contributed by atoms with Crippen LogP contribution in [0.1, 0.15) is 75.3 Å². The van der Waals surface area contributed by atoms with Gasteiger partial charge in [0, 0.05) is 12.1 Å². The molecule has 0 saturated heterocycles. The topological polar surface area (TPSA) is 18.5 Å². The zero-order valence-electron chi connectivity index (χ0n) is 23.1. The van der Waals surface area contributed by atoms with Crippen LogP contribution in [0.25, 0.3) is 11.1 Å². The summed E-state index contributed by atoms with van der Waals surface area (Å²) in [6, 6.07) is 11.6. The highest BCUT2D eigenvalue weighted by molar-refractivity contribution is 5.64. The molecule has 0 bridgehead atoms. The average molecular weight is 601 g/mol. The minimum atomic E-state index is -5.36. The molecule has 0 aromatic heterocycles. The second kappa shape index (κ2) is 13.3. The van der Waals surface area contributed by atoms with Crippen LogP contribution in [0.4, 0.5) is 35.1 Å². The third kappa shape index (κ3) is 8.16. The fraction of sp³-hybridized carbons (Fsp3) is 0.438. The van der Waals surface area contributed by atoms with E-state index < -0.39 is 53.4 Å². The van der Waals surface area contributed by atoms with Crippen molar-refractivity contribution in [3.05, 3.63) is 83.2 Å². The quantitative estimate of drug-likeness (QED) is 0.161. The van der Waals surface area contributed by atoms with Crippen LogP contribution in [-0.2, 0) is 6.18 Å². The monoisotopic (exact) mass is 600 g/mol. The van der Waals surface area contributed by atoms with Crippen LogP contribution in [0.2, 0.25) is 0 Å². The van der Waals surface area contributed by atoms with Gasteiger partial charge in [0.05, 0.1) is 0 Å². The maximum atomic E-state index is 14.7. The van der Waals surface area contributed by atoms with Gasteiger partial charge in [0.15, 0.2) is 18.2 Å². The number of unbranched alkanes of at least 4 members (excludes halogenated alkanes) is 2. The van der Waals surface area contributed by atoms with E-state index in [0.717, 1.165) is 36.5 Å². The molecule has 0 unspecified atom stereocenters. The van der Waals surface area contributed by atoms with Crippen LogP contribution in [-0.4, -0.2) is 12.7 Å². The van der Waals surface area contributed by atoms with Crippen molar-refractivity contribution in [1.29, 1.82) is 0 Å². The summed E-state index contributed by atoms with van der Waals surface area (Å²) >= 11 is 0. The molecular weight excluding hydrogens is 568 g/mol. The Balaban J connectivity index is 1.33. The van der Waals surface area contributed by atoms with Crippen molar-refractivity contribution < 1.29 is 44.6 Å². The molecule has 1 fully saturated rings. The summed E-state index contributed by atoms with van der Waals surface area (Å²) in [6.07, 6.45) is 0.250. The lowest BCUT2D eigenvalue weighted by atomic mass is 9.77. The number of ether oxygens (including phenoxy) is 2. The molecule has 228 valence electrons. The Bertz CT molecular complexity index is 1310. The Morgan fingerprint density at radius 3 is 1.93 bits per heavy atom. The van der Waals surface area contributed by atoms with Gasteiger partial charge in [0.25, 0.3) is 0 Å². The van der Waals surface area contributed by atoms with Crippen molar-refractivity contribution in [1.82, 2.24) is 0 Å². The van der Waals surface area contributed by atoms with E-state index in [-0.39, 0.29) is 12.1 Å². The molecule has 1 aliphatic rings. The Morgan fingerprint density at radius 1 is 0.738 bits per heavy atom. The number of benzene rings is 3. The van der Waals surface area contributed by atoms with Gasteiger partial charge >= 0.3 is 12.3 Å². The van der Waals surface area contributed by atoms with Gasteiger partial charge in [-0.15, -0.1) is 0 Å². The van der Waals surface area contributed by atoms with E-state index in [1.54, 1.807) is 0 Å². The fourth-order valence-electron chi connectivity index (χ4n) is 5.46. The molecule has 0 radical (unpaired) electrons. The lowest BCUT2D eigenvalue weighted by molar-refractivity contribution is -0.196. The normalized spacial score (nSPS) is 17.7. The molecule has 2 nitrogen and oxygen atoms in total. The van der Waals surface area contributed by atoms with Crippen LogP contribution in [0, 0.1) is 23.4 Å². The minimum absolute atomic E-state index is 0.0138. The smallest absolute Gasteiger partial charge is 0.433 e. The van der Waals surface area contributed by atoms with Gasteiger partial charge < -0.3 is 9.47 Å². The Morgan fingerprint density at radius 2 is 1.36 bits per heavy atom. The van der Waals surface area contributed by atoms with Crippen LogP contribution < -0.4 is 9.47 Å². The first-order valence-corrected chi connectivity index (χ1v) is 14.0. The molecule has 1 saturated carbocycles. The van der Waals surface area contributed by atoms with Crippen molar-refractivity contribution >= 4 is 0 Å². The molecule has 0 aliphatic heterocycles. The summed E-state index contributed by atoms with van der Waals surface area (Å²) in [7, 11) is 0. The zero-order chi connectivity index (χ0) is 30.5. The standard InChI is InChI=1S/C32H32F8O2/c1-2-3-4-5-20-6-8-21(9-7-20)22-10-12-23(13-11-22)24-14-15-29(26(33)16-24)41-19-31(36,37)42-25-17-27(34)30(28(35)18-25)32(38,39)40/h10-18,20-21H,2-9,19H2,1H3. The van der Waals surface area contributed by atoms with Crippen LogP contribution in [0.3, 0.4) is 0 Å². The van der Waals surface area contributed by atoms with E-state index in [1.165, 1.54) is 50.2 Å². The molecule has 4 rings (SSSR count). The number of alkyl halides is 5. The Kier molecular flexibility index (Phi) is 10.0. The van der Waals surface area contributed by atoms with Gasteiger partial charge in [-0.05, 0) is 66.3 Å². The van der Waals surface area contributed by atoms with Gasteiger partial charge in [-0.25, -0.2) is 13.2 Å². The fourth-order valence-corrected chi connectivity index (χ4v) is 5.46. The van der Waals surface area contributed by atoms with Gasteiger partial charge in [0.2, 0.25) is 0 Å². The molecular formula is C32H32F8O2. The lowest BCUT2D eigenvalue weighted by Gasteiger charge is -2.29. The first-order chi connectivity index (χ1) is 19.9. The zero-order valence-corrected chi connectivity index (χ0v) is 23.1. The predicted octanol–water partition coefficient (Wildman–Crippen LogP) is 10.7. The molecule has 10 heteroatoms. The molecule has 3 aromatic rings. The summed E-state index contributed by atoms with van der Waals surface area (Å²) in [5.41, 5.74) is 0.245. The summed E-state index contributed by atoms with van der Waals surface area (Å²) in [5.74, 6) is -5.58. The molecule has 0 atom stereocenters. The molecule has 1 aliphatic carbocycles. The van der Waals surface area contributed by atoms with Gasteiger partial charge in [-0.1, -0.05) is 62.9 Å². The SMILES string of the molecule is CCCCCC1CCC(c2ccc(-c3ccc(OCC(F)(F)Oc4cc(F)c(C(F)(F)F)c(F)c4)c(F)c3)cc2)CC1. The predicted molar refractivity (Wildman–Crippen MR) is 143 cm³/mol. The average Bonchev–Trinajstić information content (AvgIpc) is 2.91. The van der Waals surface area contributed by atoms with E-state index in [1.807, 2.05) is 24.3 Å². The Labute approximate surface area is 239 Å². The summed E-state index contributed by atoms with van der Waals surface area (Å²) in [4.78, 5) is 0. The lowest BCUT2D eigenvalue weighted by Crippen LogP contribution is -2.32. The molecule has 3 aromatic carbocycles. The second-order valence-corrected chi connectivity index (χ2v) is 10.8. The number of hydrogen-bond acceptors (Lipinski definition) is 2. The molecule has 42 heavy (non-hydrogen) atoms. The maximum Gasteiger partial charge on any atom is 0.433 e. The first-order valence-electron chi connectivity index (χ1n) is 14.0. The van der Waals surface area contributed by atoms with Gasteiger partial charge in [-0.2, -0.15) is 22.0 Å². The van der Waals surface area contributed by atoms with E-state index in [2.05, 4.69) is 11.7 Å². The molecule has 0 amide bonds. The van der Waals surface area contributed by atoms with Crippen LogP contribution in [0.15, 0.2) is 54.6 Å². The van der Waals surface area contributed by atoms with Gasteiger partial charge in [0.1, 0.15) is 22.9 Å². The highest BCUT2D eigenvalue weighted by atomic mass is 19.4. The summed E-state index contributed by atoms with van der Waals surface area (Å²) < 4.78 is 118. The Hall–Kier alpha value is -3.30.